The lowest BCUT2D eigenvalue weighted by Crippen LogP contribution is -2.17. The zero-order valence-corrected chi connectivity index (χ0v) is 24.9. The lowest BCUT2D eigenvalue weighted by molar-refractivity contribution is -0.118. The maximum Gasteiger partial charge on any atom is 0.217 e. The van der Waals surface area contributed by atoms with Crippen molar-refractivity contribution in [3.05, 3.63) is 102 Å². The smallest absolute Gasteiger partial charge is 0.217 e. The summed E-state index contributed by atoms with van der Waals surface area (Å²) in [4.78, 5) is 15.6. The largest absolute Gasteiger partial charge is 0.395 e. The van der Waals surface area contributed by atoms with Crippen LogP contribution in [0.15, 0.2) is 79.0 Å². The van der Waals surface area contributed by atoms with Crippen molar-refractivity contribution in [3.8, 4) is 33.4 Å². The van der Waals surface area contributed by atoms with Crippen molar-refractivity contribution in [1.29, 1.82) is 0 Å². The molecule has 0 aliphatic heterocycles. The normalized spacial score (nSPS) is 11.3. The van der Waals surface area contributed by atoms with E-state index in [2.05, 4.69) is 102 Å². The maximum atomic E-state index is 10.9. The van der Waals surface area contributed by atoms with Crippen molar-refractivity contribution in [2.75, 3.05) is 19.7 Å². The molecule has 5 N–H and O–H groups in total. The zero-order valence-electron chi connectivity index (χ0n) is 24.9. The molecule has 2 heterocycles. The van der Waals surface area contributed by atoms with E-state index < -0.39 is 0 Å². The third-order valence-corrected chi connectivity index (χ3v) is 7.84. The third-order valence-electron chi connectivity index (χ3n) is 7.84. The first-order valence-corrected chi connectivity index (χ1v) is 14.9. The number of carbonyl (C=O) groups is 1. The fourth-order valence-electron chi connectivity index (χ4n) is 5.51. The number of pyridine rings is 1. The van der Waals surface area contributed by atoms with Gasteiger partial charge in [0.05, 0.1) is 13.2 Å². The molecule has 5 rings (SSSR count). The van der Waals surface area contributed by atoms with Crippen molar-refractivity contribution in [3.63, 3.8) is 0 Å². The summed E-state index contributed by atoms with van der Waals surface area (Å²) < 4.78 is 1.81. The third kappa shape index (κ3) is 7.35. The molecule has 43 heavy (non-hydrogen) atoms. The molecule has 8 heteroatoms. The number of rotatable bonds is 14. The highest BCUT2D eigenvalue weighted by atomic mass is 16.3. The van der Waals surface area contributed by atoms with E-state index in [-0.39, 0.29) is 12.5 Å². The lowest BCUT2D eigenvalue weighted by atomic mass is 9.88. The standard InChI is InChI=1S/C35H40N6O2/c1-24-29(27-14-12-26(13-15-27)22-38-18-20-42)7-5-9-31(24)32-10-6-8-30(25(32)2)28-16-19-41-35(21-28)39-34(40-41)23-37-17-4-3-11-33(36)43/h5-10,12-16,19,21,37-38,42H,3-4,11,17-18,20,22-23H2,1-2H3,(H2,36,43). The Hall–Kier alpha value is -4.37. The van der Waals surface area contributed by atoms with Gasteiger partial charge in [-0.25, -0.2) is 9.50 Å². The van der Waals surface area contributed by atoms with Gasteiger partial charge in [0.25, 0.3) is 0 Å². The topological polar surface area (TPSA) is 118 Å². The Bertz CT molecular complexity index is 1690. The number of nitrogens with zero attached hydrogens (tertiary/aromatic N) is 3. The first kappa shape index (κ1) is 30.1. The number of benzene rings is 3. The second-order valence-electron chi connectivity index (χ2n) is 10.9. The Kier molecular flexibility index (Phi) is 9.94. The van der Waals surface area contributed by atoms with Crippen LogP contribution < -0.4 is 16.4 Å². The average Bonchev–Trinajstić information content (AvgIpc) is 3.42. The van der Waals surface area contributed by atoms with Gasteiger partial charge in [-0.15, -0.1) is 5.10 Å². The Morgan fingerprint density at radius 3 is 2.14 bits per heavy atom. The molecular weight excluding hydrogens is 536 g/mol. The number of nitrogens with two attached hydrogens (primary N) is 1. The Morgan fingerprint density at radius 1 is 0.814 bits per heavy atom. The molecule has 5 aromatic rings. The molecule has 0 atom stereocenters. The highest BCUT2D eigenvalue weighted by Gasteiger charge is 2.14. The molecule has 0 spiro atoms. The number of hydrogen-bond acceptors (Lipinski definition) is 6. The van der Waals surface area contributed by atoms with Gasteiger partial charge in [-0.1, -0.05) is 60.7 Å². The molecule has 0 aliphatic carbocycles. The molecule has 0 unspecified atom stereocenters. The van der Waals surface area contributed by atoms with Crippen molar-refractivity contribution < 1.29 is 9.90 Å². The van der Waals surface area contributed by atoms with Crippen LogP contribution in [-0.4, -0.2) is 45.3 Å². The summed E-state index contributed by atoms with van der Waals surface area (Å²) in [6.45, 7) is 7.21. The number of unbranched alkanes of at least 4 members (excludes halogenated alkanes) is 1. The zero-order chi connectivity index (χ0) is 30.2. The SMILES string of the molecule is Cc1c(-c2ccc(CNCCO)cc2)cccc1-c1cccc(-c2ccn3nc(CNCCCCC(N)=O)nc3c2)c1C. The molecule has 222 valence electrons. The Morgan fingerprint density at radius 2 is 1.47 bits per heavy atom. The fraction of sp³-hybridized carbons (Fsp3) is 0.286. The number of hydrogen-bond donors (Lipinski definition) is 4. The van der Waals surface area contributed by atoms with Crippen molar-refractivity contribution in [1.82, 2.24) is 25.2 Å². The highest BCUT2D eigenvalue weighted by Crippen LogP contribution is 2.37. The molecule has 3 aromatic carbocycles. The van der Waals surface area contributed by atoms with Crippen molar-refractivity contribution >= 4 is 11.6 Å². The monoisotopic (exact) mass is 576 g/mol. The van der Waals surface area contributed by atoms with E-state index >= 15 is 0 Å². The second-order valence-corrected chi connectivity index (χ2v) is 10.9. The molecule has 0 bridgehead atoms. The van der Waals surface area contributed by atoms with E-state index in [9.17, 15) is 4.79 Å². The number of primary amides is 1. The molecule has 0 saturated heterocycles. The molecule has 0 saturated carbocycles. The van der Waals surface area contributed by atoms with E-state index in [1.54, 1.807) is 0 Å². The van der Waals surface area contributed by atoms with Crippen LogP contribution in [0.5, 0.6) is 0 Å². The van der Waals surface area contributed by atoms with Gasteiger partial charge in [0.2, 0.25) is 5.91 Å². The molecule has 2 aromatic heterocycles. The number of aliphatic hydroxyl groups is 1. The first-order chi connectivity index (χ1) is 20.9. The molecular formula is C35H40N6O2. The summed E-state index contributed by atoms with van der Waals surface area (Å²) in [6, 6.07) is 25.8. The van der Waals surface area contributed by atoms with Crippen LogP contribution in [0.1, 0.15) is 41.8 Å². The first-order valence-electron chi connectivity index (χ1n) is 14.9. The average molecular weight is 577 g/mol. The molecule has 0 aliphatic rings. The van der Waals surface area contributed by atoms with E-state index in [0.29, 0.717) is 19.5 Å². The number of aromatic nitrogens is 3. The van der Waals surface area contributed by atoms with Crippen LogP contribution in [0, 0.1) is 13.8 Å². The summed E-state index contributed by atoms with van der Waals surface area (Å²) in [5.41, 5.74) is 16.8. The summed E-state index contributed by atoms with van der Waals surface area (Å²) in [6.07, 6.45) is 4.05. The summed E-state index contributed by atoms with van der Waals surface area (Å²) >= 11 is 0. The van der Waals surface area contributed by atoms with Crippen LogP contribution in [0.3, 0.4) is 0 Å². The van der Waals surface area contributed by atoms with E-state index in [1.165, 1.54) is 44.5 Å². The van der Waals surface area contributed by atoms with E-state index in [1.807, 2.05) is 10.7 Å². The number of aliphatic hydroxyl groups excluding tert-OH is 1. The van der Waals surface area contributed by atoms with Gasteiger partial charge in [-0.3, -0.25) is 4.79 Å². The number of carbonyl (C=O) groups excluding carboxylic acids is 1. The van der Waals surface area contributed by atoms with Gasteiger partial charge in [-0.05, 0) is 95.4 Å². The maximum absolute atomic E-state index is 10.9. The predicted octanol–water partition coefficient (Wildman–Crippen LogP) is 5.17. The van der Waals surface area contributed by atoms with Crippen molar-refractivity contribution in [2.24, 2.45) is 5.73 Å². The van der Waals surface area contributed by atoms with Crippen LogP contribution in [0.4, 0.5) is 0 Å². The van der Waals surface area contributed by atoms with Gasteiger partial charge in [0, 0.05) is 25.7 Å². The van der Waals surface area contributed by atoms with Crippen LogP contribution in [-0.2, 0) is 17.9 Å². The molecule has 0 radical (unpaired) electrons. The van der Waals surface area contributed by atoms with E-state index in [0.717, 1.165) is 43.0 Å². The highest BCUT2D eigenvalue weighted by molar-refractivity contribution is 5.84. The lowest BCUT2D eigenvalue weighted by Gasteiger charge is -2.16. The summed E-state index contributed by atoms with van der Waals surface area (Å²) in [5.74, 6) is 0.479. The predicted molar refractivity (Wildman–Crippen MR) is 172 cm³/mol. The molecule has 8 nitrogen and oxygen atoms in total. The second kappa shape index (κ2) is 14.2. The summed E-state index contributed by atoms with van der Waals surface area (Å²) in [7, 11) is 0. The van der Waals surface area contributed by atoms with Crippen LogP contribution in [0.2, 0.25) is 0 Å². The minimum Gasteiger partial charge on any atom is -0.395 e. The number of nitrogens with one attached hydrogen (secondary N) is 2. The van der Waals surface area contributed by atoms with Gasteiger partial charge in [0.15, 0.2) is 11.5 Å². The van der Waals surface area contributed by atoms with Gasteiger partial charge >= 0.3 is 0 Å². The van der Waals surface area contributed by atoms with Crippen LogP contribution in [0.25, 0.3) is 39.0 Å². The minimum atomic E-state index is -0.256. The molecule has 0 fully saturated rings. The van der Waals surface area contributed by atoms with Gasteiger partial charge < -0.3 is 21.5 Å². The number of amides is 1. The fourth-order valence-corrected chi connectivity index (χ4v) is 5.51. The summed E-state index contributed by atoms with van der Waals surface area (Å²) in [5, 5.41) is 20.2. The van der Waals surface area contributed by atoms with E-state index in [4.69, 9.17) is 15.8 Å². The van der Waals surface area contributed by atoms with Crippen molar-refractivity contribution in [2.45, 2.75) is 46.2 Å². The quantitative estimate of drug-likeness (QED) is 0.136. The number of fused-ring (bicyclic) bond motifs is 1. The van der Waals surface area contributed by atoms with Crippen LogP contribution >= 0.6 is 0 Å². The Labute approximate surface area is 253 Å². The van der Waals surface area contributed by atoms with Gasteiger partial charge in [0.1, 0.15) is 0 Å². The van der Waals surface area contributed by atoms with Gasteiger partial charge in [-0.2, -0.15) is 0 Å². The Balaban J connectivity index is 1.35. The minimum absolute atomic E-state index is 0.140. The molecule has 1 amide bonds.